The molecule has 258 valence electrons. The molecule has 5 N–H and O–H groups in total. The van der Waals surface area contributed by atoms with Crippen molar-refractivity contribution in [3.63, 3.8) is 0 Å². The highest BCUT2D eigenvalue weighted by atomic mass is 16.5. The van der Waals surface area contributed by atoms with Crippen molar-refractivity contribution in [2.24, 2.45) is 52.3 Å². The van der Waals surface area contributed by atoms with E-state index < -0.39 is 0 Å². The molecule has 2 aliphatic heterocycles. The highest BCUT2D eigenvalue weighted by Crippen LogP contribution is 2.70. The van der Waals surface area contributed by atoms with E-state index in [4.69, 9.17) is 4.74 Å². The van der Waals surface area contributed by atoms with Gasteiger partial charge in [-0.25, -0.2) is 0 Å². The highest BCUT2D eigenvalue weighted by molar-refractivity contribution is 5.97. The number of hydrogen-bond donors (Lipinski definition) is 5. The van der Waals surface area contributed by atoms with Crippen molar-refractivity contribution in [1.29, 1.82) is 0 Å². The van der Waals surface area contributed by atoms with E-state index in [9.17, 15) is 24.6 Å². The van der Waals surface area contributed by atoms with Gasteiger partial charge in [-0.2, -0.15) is 0 Å². The van der Waals surface area contributed by atoms with E-state index in [0.29, 0.717) is 60.7 Å². The maximum absolute atomic E-state index is 14.4. The van der Waals surface area contributed by atoms with Gasteiger partial charge in [0.15, 0.2) is 11.5 Å². The zero-order valence-corrected chi connectivity index (χ0v) is 28.6. The maximum Gasteiger partial charge on any atom is 0.229 e. The average Bonchev–Trinajstić information content (AvgIpc) is 3.47. The number of hydrogen-bond acceptors (Lipinski definition) is 7. The third-order valence-electron chi connectivity index (χ3n) is 14.5. The molecule has 1 aromatic rings. The number of fused-ring (bicyclic) bond motifs is 7. The molecular weight excluding hydrogens is 594 g/mol. The number of carbonyl (C=O) groups is 3. The molecular formula is C38H55N3O6. The summed E-state index contributed by atoms with van der Waals surface area (Å²) in [5.41, 5.74) is 0.306. The molecule has 2 saturated heterocycles. The Hall–Kier alpha value is -2.65. The molecule has 9 heteroatoms. The van der Waals surface area contributed by atoms with Crippen LogP contribution in [-0.2, 0) is 25.5 Å². The topological polar surface area (TPSA) is 137 Å². The second kappa shape index (κ2) is 12.0. The summed E-state index contributed by atoms with van der Waals surface area (Å²) in [5.74, 6) is 2.61. The van der Waals surface area contributed by atoms with E-state index in [0.717, 1.165) is 57.1 Å². The SMILES string of the molecule is C[C@@H]1CC[C@@]2(NC1)O[C@H]1C[C@H]3[C@@H]4CC[C@H]5C[C@@H](NC(=O)CC(=O)NCCc6ccc(O)c(O)c6)CC[C@]5(C)[C@H]4CC(=O)[C@]3(C)[C@H]1[C@@H]2C. The normalized spacial score (nSPS) is 43.8. The number of ether oxygens (including phenoxy) is 1. The Bertz CT molecular complexity index is 1410. The van der Waals surface area contributed by atoms with E-state index in [1.54, 1.807) is 6.07 Å². The summed E-state index contributed by atoms with van der Waals surface area (Å²) < 4.78 is 6.97. The number of Topliss-reactive ketones (excluding diaryl/α,β-unsaturated/α-hetero) is 1. The van der Waals surface area contributed by atoms with Crippen LogP contribution in [-0.4, -0.2) is 58.8 Å². The number of carbonyl (C=O) groups excluding carboxylic acids is 3. The molecule has 0 bridgehead atoms. The highest BCUT2D eigenvalue weighted by Gasteiger charge is 2.71. The molecule has 0 aromatic heterocycles. The first-order valence-electron chi connectivity index (χ1n) is 18.4. The lowest BCUT2D eigenvalue weighted by Crippen LogP contribution is -2.60. The van der Waals surface area contributed by atoms with Gasteiger partial charge in [0, 0.05) is 42.8 Å². The average molecular weight is 650 g/mol. The standard InChI is InChI=1S/C38H55N3O6/c1-21-9-13-38(40-20-21)22(2)35-31(47-38)17-28-26-7-6-24-16-25(10-12-36(24,3)27(26)18-32(44)37(28,35)4)41-34(46)19-33(45)39-14-11-23-5-8-29(42)30(43)15-23/h5,8,15,21-22,24-28,31,35,40,42-43H,6-7,9-14,16-20H2,1-4H3,(H,39,45)(H,41,46)/t21-,22+,24+,25+,26-,27+,28+,31+,35+,36+,37-,38-/m1/s1. The van der Waals surface area contributed by atoms with Crippen LogP contribution in [0.4, 0.5) is 0 Å². The van der Waals surface area contributed by atoms with Gasteiger partial charge in [0.05, 0.1) is 6.10 Å². The second-order valence-corrected chi connectivity index (χ2v) is 16.8. The molecule has 6 aliphatic rings. The summed E-state index contributed by atoms with van der Waals surface area (Å²) in [6, 6.07) is 4.63. The van der Waals surface area contributed by atoms with Gasteiger partial charge < -0.3 is 25.6 Å². The molecule has 7 rings (SSSR count). The summed E-state index contributed by atoms with van der Waals surface area (Å²) in [5, 5.41) is 28.9. The van der Waals surface area contributed by atoms with Crippen molar-refractivity contribution in [2.75, 3.05) is 13.1 Å². The van der Waals surface area contributed by atoms with Gasteiger partial charge in [-0.05, 0) is 110 Å². The Morgan fingerprint density at radius 3 is 2.55 bits per heavy atom. The summed E-state index contributed by atoms with van der Waals surface area (Å²) in [6.45, 7) is 10.7. The van der Waals surface area contributed by atoms with Crippen LogP contribution in [0.2, 0.25) is 0 Å². The molecule has 2 amide bonds. The minimum absolute atomic E-state index is 0.0523. The molecule has 1 spiro atoms. The largest absolute Gasteiger partial charge is 0.504 e. The predicted molar refractivity (Wildman–Crippen MR) is 177 cm³/mol. The van der Waals surface area contributed by atoms with Crippen LogP contribution in [0.25, 0.3) is 0 Å². The van der Waals surface area contributed by atoms with Crippen LogP contribution < -0.4 is 16.0 Å². The van der Waals surface area contributed by atoms with Crippen molar-refractivity contribution < 1.29 is 29.3 Å². The first-order chi connectivity index (χ1) is 22.3. The Balaban J connectivity index is 0.936. The summed E-state index contributed by atoms with van der Waals surface area (Å²) in [6.07, 6.45) is 9.41. The van der Waals surface area contributed by atoms with E-state index in [1.807, 2.05) is 0 Å². The van der Waals surface area contributed by atoms with Crippen LogP contribution in [0.5, 0.6) is 11.5 Å². The molecule has 9 nitrogen and oxygen atoms in total. The zero-order valence-electron chi connectivity index (χ0n) is 28.6. The van der Waals surface area contributed by atoms with Gasteiger partial charge in [-0.3, -0.25) is 19.7 Å². The van der Waals surface area contributed by atoms with Crippen LogP contribution in [0, 0.1) is 52.3 Å². The number of aromatic hydroxyl groups is 2. The van der Waals surface area contributed by atoms with Crippen LogP contribution in [0.1, 0.15) is 97.5 Å². The quantitative estimate of drug-likeness (QED) is 0.220. The molecule has 2 heterocycles. The lowest BCUT2D eigenvalue weighted by atomic mass is 9.44. The number of benzene rings is 1. The van der Waals surface area contributed by atoms with Crippen molar-refractivity contribution in [1.82, 2.24) is 16.0 Å². The molecule has 6 fully saturated rings. The fraction of sp³-hybridized carbons (Fsp3) is 0.763. The van der Waals surface area contributed by atoms with Crippen LogP contribution in [0.15, 0.2) is 18.2 Å². The zero-order chi connectivity index (χ0) is 33.3. The number of rotatable bonds is 6. The number of phenolic OH excluding ortho intramolecular Hbond substituents is 2. The van der Waals surface area contributed by atoms with Crippen molar-refractivity contribution in [2.45, 2.75) is 116 Å². The summed E-state index contributed by atoms with van der Waals surface area (Å²) in [7, 11) is 0. The molecule has 47 heavy (non-hydrogen) atoms. The van der Waals surface area contributed by atoms with Crippen LogP contribution in [0.3, 0.4) is 0 Å². The Morgan fingerprint density at radius 1 is 1.00 bits per heavy atom. The third-order valence-corrected chi connectivity index (χ3v) is 14.5. The summed E-state index contributed by atoms with van der Waals surface area (Å²) >= 11 is 0. The number of ketones is 1. The van der Waals surface area contributed by atoms with Crippen LogP contribution >= 0.6 is 0 Å². The van der Waals surface area contributed by atoms with Gasteiger partial charge in [0.2, 0.25) is 11.8 Å². The minimum Gasteiger partial charge on any atom is -0.504 e. The number of phenols is 2. The van der Waals surface area contributed by atoms with E-state index in [1.165, 1.54) is 18.6 Å². The number of amides is 2. The first kappa shape index (κ1) is 32.9. The van der Waals surface area contributed by atoms with Gasteiger partial charge in [0.1, 0.15) is 17.9 Å². The third kappa shape index (κ3) is 5.48. The van der Waals surface area contributed by atoms with E-state index in [-0.39, 0.29) is 64.4 Å². The lowest BCUT2D eigenvalue weighted by Gasteiger charge is -2.60. The van der Waals surface area contributed by atoms with Gasteiger partial charge in [0.25, 0.3) is 0 Å². The fourth-order valence-corrected chi connectivity index (χ4v) is 11.8. The monoisotopic (exact) mass is 649 g/mol. The van der Waals surface area contributed by atoms with Gasteiger partial charge in [-0.1, -0.05) is 33.8 Å². The first-order valence-corrected chi connectivity index (χ1v) is 18.4. The minimum atomic E-state index is -0.324. The Labute approximate surface area is 279 Å². The fourth-order valence-electron chi connectivity index (χ4n) is 11.8. The second-order valence-electron chi connectivity index (χ2n) is 16.8. The van der Waals surface area contributed by atoms with Gasteiger partial charge >= 0.3 is 0 Å². The molecule has 12 atom stereocenters. The smallest absolute Gasteiger partial charge is 0.229 e. The molecule has 0 radical (unpaired) electrons. The number of piperidine rings is 1. The summed E-state index contributed by atoms with van der Waals surface area (Å²) in [4.78, 5) is 39.7. The Kier molecular flexibility index (Phi) is 8.42. The van der Waals surface area contributed by atoms with Gasteiger partial charge in [-0.15, -0.1) is 0 Å². The van der Waals surface area contributed by atoms with Crippen molar-refractivity contribution >= 4 is 17.6 Å². The van der Waals surface area contributed by atoms with Crippen molar-refractivity contribution in [3.05, 3.63) is 23.8 Å². The molecule has 4 saturated carbocycles. The Morgan fingerprint density at radius 2 is 1.81 bits per heavy atom. The molecule has 0 unspecified atom stereocenters. The molecule has 1 aromatic carbocycles. The van der Waals surface area contributed by atoms with E-state index in [2.05, 4.69) is 43.6 Å². The van der Waals surface area contributed by atoms with E-state index >= 15 is 0 Å². The lowest BCUT2D eigenvalue weighted by molar-refractivity contribution is -0.160. The molecule has 4 aliphatic carbocycles. The predicted octanol–water partition coefficient (Wildman–Crippen LogP) is 4.83. The maximum atomic E-state index is 14.4. The van der Waals surface area contributed by atoms with Crippen molar-refractivity contribution in [3.8, 4) is 11.5 Å². The number of nitrogens with one attached hydrogen (secondary N) is 3.